The van der Waals surface area contributed by atoms with Gasteiger partial charge >= 0.3 is 0 Å². The van der Waals surface area contributed by atoms with Crippen LogP contribution in [0.25, 0.3) is 0 Å². The van der Waals surface area contributed by atoms with Crippen LogP contribution in [0.5, 0.6) is 11.5 Å². The largest absolute Gasteiger partial charge is 0.504 e. The fourth-order valence-electron chi connectivity index (χ4n) is 2.57. The molecule has 19 heavy (non-hydrogen) atoms. The molecule has 1 aromatic rings. The highest BCUT2D eigenvalue weighted by molar-refractivity contribution is 5.40. The van der Waals surface area contributed by atoms with Crippen molar-refractivity contribution in [3.05, 3.63) is 23.8 Å². The molecular weight excluding hydrogens is 240 g/mol. The van der Waals surface area contributed by atoms with Gasteiger partial charge in [0, 0.05) is 6.54 Å². The lowest BCUT2D eigenvalue weighted by Crippen LogP contribution is -2.31. The molecule has 0 atom stereocenters. The smallest absolute Gasteiger partial charge is 0.157 e. The molecule has 0 aromatic heterocycles. The van der Waals surface area contributed by atoms with Gasteiger partial charge in [0.1, 0.15) is 0 Å². The molecule has 106 valence electrons. The first-order chi connectivity index (χ1) is 9.15. The van der Waals surface area contributed by atoms with Crippen LogP contribution in [0.1, 0.15) is 24.8 Å². The fourth-order valence-corrected chi connectivity index (χ4v) is 2.57. The Balaban J connectivity index is 1.65. The van der Waals surface area contributed by atoms with Crippen molar-refractivity contribution in [2.45, 2.75) is 25.8 Å². The van der Waals surface area contributed by atoms with E-state index in [0.717, 1.165) is 24.6 Å². The number of phenolic OH excluding ortho intramolecular Hbond substituents is 2. The van der Waals surface area contributed by atoms with E-state index in [1.165, 1.54) is 38.4 Å². The summed E-state index contributed by atoms with van der Waals surface area (Å²) in [5.74, 6) is 0.738. The van der Waals surface area contributed by atoms with E-state index >= 15 is 0 Å². The van der Waals surface area contributed by atoms with Crippen LogP contribution in [0, 0.1) is 5.92 Å². The highest BCUT2D eigenvalue weighted by Gasteiger charge is 2.15. The van der Waals surface area contributed by atoms with E-state index in [1.54, 1.807) is 6.07 Å². The number of aromatic hydroxyl groups is 2. The van der Waals surface area contributed by atoms with Gasteiger partial charge in [-0.1, -0.05) is 6.07 Å². The quantitative estimate of drug-likeness (QED) is 0.562. The highest BCUT2D eigenvalue weighted by Crippen LogP contribution is 2.24. The highest BCUT2D eigenvalue weighted by atomic mass is 16.3. The molecule has 1 fully saturated rings. The Morgan fingerprint density at radius 3 is 2.63 bits per heavy atom. The van der Waals surface area contributed by atoms with Crippen molar-refractivity contribution < 1.29 is 10.2 Å². The molecule has 0 radical (unpaired) electrons. The first-order valence-corrected chi connectivity index (χ1v) is 7.05. The summed E-state index contributed by atoms with van der Waals surface area (Å²) >= 11 is 0. The van der Waals surface area contributed by atoms with E-state index < -0.39 is 0 Å². The summed E-state index contributed by atoms with van der Waals surface area (Å²) < 4.78 is 0. The van der Waals surface area contributed by atoms with Crippen LogP contribution in [0.2, 0.25) is 0 Å². The summed E-state index contributed by atoms with van der Waals surface area (Å²) in [5.41, 5.74) is 0.999. The van der Waals surface area contributed by atoms with Crippen LogP contribution < -0.4 is 5.32 Å². The third-order valence-corrected chi connectivity index (χ3v) is 3.94. The van der Waals surface area contributed by atoms with Crippen LogP contribution in [0.4, 0.5) is 0 Å². The van der Waals surface area contributed by atoms with Gasteiger partial charge in [-0.3, -0.25) is 0 Å². The second-order valence-corrected chi connectivity index (χ2v) is 5.54. The van der Waals surface area contributed by atoms with E-state index in [0.29, 0.717) is 0 Å². The molecule has 0 unspecified atom stereocenters. The molecule has 1 saturated heterocycles. The summed E-state index contributed by atoms with van der Waals surface area (Å²) in [6.07, 6.45) is 3.83. The maximum Gasteiger partial charge on any atom is 0.157 e. The molecule has 1 aliphatic heterocycles. The van der Waals surface area contributed by atoms with Crippen LogP contribution in [0.3, 0.4) is 0 Å². The van der Waals surface area contributed by atoms with Crippen molar-refractivity contribution >= 4 is 0 Å². The minimum atomic E-state index is -0.0601. The van der Waals surface area contributed by atoms with Gasteiger partial charge in [-0.15, -0.1) is 0 Å². The van der Waals surface area contributed by atoms with Crippen LogP contribution in [-0.2, 0) is 6.54 Å². The van der Waals surface area contributed by atoms with Crippen molar-refractivity contribution in [1.29, 1.82) is 0 Å². The van der Waals surface area contributed by atoms with Gasteiger partial charge in [-0.2, -0.15) is 0 Å². The van der Waals surface area contributed by atoms with Crippen LogP contribution in [0.15, 0.2) is 18.2 Å². The van der Waals surface area contributed by atoms with Crippen molar-refractivity contribution in [3.63, 3.8) is 0 Å². The zero-order chi connectivity index (χ0) is 13.7. The number of hydrogen-bond donors (Lipinski definition) is 3. The molecule has 0 spiro atoms. The average molecular weight is 264 g/mol. The molecule has 0 amide bonds. The Kier molecular flexibility index (Phi) is 5.05. The second-order valence-electron chi connectivity index (χ2n) is 5.54. The van der Waals surface area contributed by atoms with E-state index in [2.05, 4.69) is 17.3 Å². The van der Waals surface area contributed by atoms with Gasteiger partial charge in [-0.25, -0.2) is 0 Å². The molecule has 2 rings (SSSR count). The minimum Gasteiger partial charge on any atom is -0.504 e. The van der Waals surface area contributed by atoms with Gasteiger partial charge in [0.05, 0.1) is 0 Å². The number of likely N-dealkylation sites (tertiary alicyclic amines) is 1. The van der Waals surface area contributed by atoms with E-state index in [4.69, 9.17) is 0 Å². The summed E-state index contributed by atoms with van der Waals surface area (Å²) in [7, 11) is 2.19. The molecule has 0 aliphatic carbocycles. The lowest BCUT2D eigenvalue weighted by molar-refractivity contribution is 0.211. The maximum atomic E-state index is 9.40. The van der Waals surface area contributed by atoms with Crippen molar-refractivity contribution in [2.24, 2.45) is 5.92 Å². The number of nitrogens with zero attached hydrogens (tertiary/aromatic N) is 1. The molecule has 0 saturated carbocycles. The maximum absolute atomic E-state index is 9.40. The molecular formula is C15H24N2O2. The van der Waals surface area contributed by atoms with Crippen molar-refractivity contribution in [1.82, 2.24) is 10.2 Å². The average Bonchev–Trinajstić information content (AvgIpc) is 2.41. The third-order valence-electron chi connectivity index (χ3n) is 3.94. The molecule has 3 N–H and O–H groups in total. The molecule has 0 bridgehead atoms. The Hall–Kier alpha value is -1.26. The summed E-state index contributed by atoms with van der Waals surface area (Å²) in [6.45, 7) is 4.18. The number of rotatable bonds is 5. The third kappa shape index (κ3) is 4.40. The Labute approximate surface area is 115 Å². The predicted octanol–water partition coefficient (Wildman–Crippen LogP) is 1.92. The standard InChI is InChI=1S/C15H24N2O2/c1-17-8-5-12(6-9-17)4-7-16-11-13-2-3-14(18)15(19)10-13/h2-3,10,12,16,18-19H,4-9,11H2,1H3. The van der Waals surface area contributed by atoms with Crippen molar-refractivity contribution in [3.8, 4) is 11.5 Å². The van der Waals surface area contributed by atoms with Crippen LogP contribution in [-0.4, -0.2) is 41.8 Å². The van der Waals surface area contributed by atoms with Gasteiger partial charge in [0.25, 0.3) is 0 Å². The zero-order valence-corrected chi connectivity index (χ0v) is 11.6. The predicted molar refractivity (Wildman–Crippen MR) is 76.3 cm³/mol. The molecule has 1 aromatic carbocycles. The van der Waals surface area contributed by atoms with Crippen LogP contribution >= 0.6 is 0 Å². The SMILES string of the molecule is CN1CCC(CCNCc2ccc(O)c(O)c2)CC1. The Morgan fingerprint density at radius 1 is 1.21 bits per heavy atom. The molecule has 4 heteroatoms. The van der Waals surface area contributed by atoms with Gasteiger partial charge < -0.3 is 20.4 Å². The lowest BCUT2D eigenvalue weighted by Gasteiger charge is -2.28. The zero-order valence-electron chi connectivity index (χ0n) is 11.6. The number of benzene rings is 1. The van der Waals surface area contributed by atoms with E-state index in [-0.39, 0.29) is 11.5 Å². The first kappa shape index (κ1) is 14.2. The topological polar surface area (TPSA) is 55.7 Å². The molecule has 4 nitrogen and oxygen atoms in total. The van der Waals surface area contributed by atoms with Gasteiger partial charge in [-0.05, 0) is 69.6 Å². The number of piperidine rings is 1. The van der Waals surface area contributed by atoms with E-state index in [1.807, 2.05) is 6.07 Å². The normalized spacial score (nSPS) is 17.7. The Bertz CT molecular complexity index is 401. The number of nitrogens with one attached hydrogen (secondary N) is 1. The summed E-state index contributed by atoms with van der Waals surface area (Å²) in [6, 6.07) is 4.97. The molecule has 1 aliphatic rings. The summed E-state index contributed by atoms with van der Waals surface area (Å²) in [4.78, 5) is 2.39. The van der Waals surface area contributed by atoms with E-state index in [9.17, 15) is 10.2 Å². The molecule has 1 heterocycles. The van der Waals surface area contributed by atoms with Gasteiger partial charge in [0.2, 0.25) is 0 Å². The Morgan fingerprint density at radius 2 is 1.95 bits per heavy atom. The second kappa shape index (κ2) is 6.78. The lowest BCUT2D eigenvalue weighted by atomic mass is 9.94. The number of phenols is 2. The fraction of sp³-hybridized carbons (Fsp3) is 0.600. The summed E-state index contributed by atoms with van der Waals surface area (Å²) in [5, 5.41) is 22.0. The van der Waals surface area contributed by atoms with Gasteiger partial charge in [0.15, 0.2) is 11.5 Å². The number of hydrogen-bond acceptors (Lipinski definition) is 4. The monoisotopic (exact) mass is 264 g/mol. The van der Waals surface area contributed by atoms with Crippen molar-refractivity contribution in [2.75, 3.05) is 26.7 Å². The minimum absolute atomic E-state index is 0.0467. The first-order valence-electron chi connectivity index (χ1n) is 7.05.